The smallest absolute Gasteiger partial charge is 0.0439 e. The number of hydrogen-bond acceptors (Lipinski definition) is 1. The number of benzene rings is 1. The van der Waals surface area contributed by atoms with Gasteiger partial charge in [0.25, 0.3) is 0 Å². The van der Waals surface area contributed by atoms with Crippen molar-refractivity contribution >= 4 is 23.2 Å². The molecule has 0 fully saturated rings. The predicted octanol–water partition coefficient (Wildman–Crippen LogP) is 4.95. The second-order valence-electron chi connectivity index (χ2n) is 5.96. The average molecular weight is 288 g/mol. The number of hydrogen-bond donors (Lipinski definition) is 1. The Morgan fingerprint density at radius 3 is 2.44 bits per heavy atom. The molecule has 102 valence electrons. The van der Waals surface area contributed by atoms with Crippen molar-refractivity contribution in [3.05, 3.63) is 33.8 Å². The van der Waals surface area contributed by atoms with Gasteiger partial charge in [0.2, 0.25) is 0 Å². The normalized spacial score (nSPS) is 13.7. The molecule has 18 heavy (non-hydrogen) atoms. The Kier molecular flexibility index (Phi) is 5.97. The van der Waals surface area contributed by atoms with Gasteiger partial charge in [0.1, 0.15) is 0 Å². The van der Waals surface area contributed by atoms with Gasteiger partial charge in [0.15, 0.2) is 0 Å². The highest BCUT2D eigenvalue weighted by atomic mass is 35.5. The summed E-state index contributed by atoms with van der Waals surface area (Å²) in [6, 6.07) is 6.11. The number of halogens is 2. The number of nitrogens with one attached hydrogen (secondary N) is 1. The largest absolute Gasteiger partial charge is 0.314 e. The van der Waals surface area contributed by atoms with Crippen molar-refractivity contribution in [2.24, 2.45) is 5.41 Å². The monoisotopic (exact) mass is 287 g/mol. The molecule has 0 aliphatic heterocycles. The second-order valence-corrected chi connectivity index (χ2v) is 6.80. The minimum absolute atomic E-state index is 0.303. The van der Waals surface area contributed by atoms with Crippen LogP contribution in [0.15, 0.2) is 18.2 Å². The molecule has 0 saturated heterocycles. The summed E-state index contributed by atoms with van der Waals surface area (Å²) in [5, 5.41) is 5.09. The van der Waals surface area contributed by atoms with Gasteiger partial charge in [-0.05, 0) is 48.6 Å². The van der Waals surface area contributed by atoms with Crippen molar-refractivity contribution < 1.29 is 0 Å². The van der Waals surface area contributed by atoms with Crippen molar-refractivity contribution in [3.8, 4) is 0 Å². The van der Waals surface area contributed by atoms with Crippen LogP contribution >= 0.6 is 23.2 Å². The summed E-state index contributed by atoms with van der Waals surface area (Å²) in [6.07, 6.45) is 2.04. The van der Waals surface area contributed by atoms with Gasteiger partial charge in [-0.15, -0.1) is 0 Å². The molecule has 1 aromatic rings. The molecule has 0 radical (unpaired) electrons. The molecule has 0 spiro atoms. The zero-order valence-corrected chi connectivity index (χ0v) is 13.2. The van der Waals surface area contributed by atoms with Gasteiger partial charge in [0, 0.05) is 16.1 Å². The fraction of sp³-hybridized carbons (Fsp3) is 0.600. The van der Waals surface area contributed by atoms with Crippen molar-refractivity contribution in [1.82, 2.24) is 5.32 Å². The van der Waals surface area contributed by atoms with Crippen LogP contribution in [0.2, 0.25) is 10.0 Å². The lowest BCUT2D eigenvalue weighted by Crippen LogP contribution is -2.34. The van der Waals surface area contributed by atoms with E-state index in [0.717, 1.165) is 35.0 Å². The van der Waals surface area contributed by atoms with Crippen molar-refractivity contribution in [2.45, 2.75) is 46.6 Å². The molecule has 1 nitrogen and oxygen atoms in total. The van der Waals surface area contributed by atoms with Crippen LogP contribution in [0.3, 0.4) is 0 Å². The molecule has 0 saturated carbocycles. The van der Waals surface area contributed by atoms with E-state index in [2.05, 4.69) is 33.0 Å². The minimum atomic E-state index is 0.303. The predicted molar refractivity (Wildman–Crippen MR) is 81.7 cm³/mol. The van der Waals surface area contributed by atoms with Crippen molar-refractivity contribution in [3.63, 3.8) is 0 Å². The Bertz CT molecular complexity index is 383. The van der Waals surface area contributed by atoms with Crippen LogP contribution in [0.4, 0.5) is 0 Å². The Balaban J connectivity index is 2.79. The highest BCUT2D eigenvalue weighted by Crippen LogP contribution is 2.26. The van der Waals surface area contributed by atoms with Crippen molar-refractivity contribution in [1.29, 1.82) is 0 Å². The topological polar surface area (TPSA) is 12.0 Å². The summed E-state index contributed by atoms with van der Waals surface area (Å²) in [5.41, 5.74) is 1.43. The van der Waals surface area contributed by atoms with Gasteiger partial charge >= 0.3 is 0 Å². The molecule has 0 aromatic heterocycles. The summed E-state index contributed by atoms with van der Waals surface area (Å²) in [6.45, 7) is 9.89. The Labute approximate surface area is 121 Å². The molecule has 0 heterocycles. The lowest BCUT2D eigenvalue weighted by atomic mass is 9.86. The van der Waals surface area contributed by atoms with E-state index in [1.807, 2.05) is 18.2 Å². The zero-order valence-electron chi connectivity index (χ0n) is 11.7. The van der Waals surface area contributed by atoms with Gasteiger partial charge in [-0.3, -0.25) is 0 Å². The third-order valence-corrected chi connectivity index (χ3v) is 3.43. The van der Waals surface area contributed by atoms with Crippen LogP contribution < -0.4 is 5.32 Å². The molecule has 1 atom stereocenters. The molecule has 1 rings (SSSR count). The van der Waals surface area contributed by atoms with Crippen LogP contribution in [0, 0.1) is 5.41 Å². The van der Waals surface area contributed by atoms with Crippen LogP contribution in [-0.4, -0.2) is 12.6 Å². The molecule has 1 N–H and O–H groups in total. The molecule has 3 heteroatoms. The van der Waals surface area contributed by atoms with E-state index in [1.54, 1.807) is 0 Å². The maximum absolute atomic E-state index is 6.23. The molecule has 0 amide bonds. The summed E-state index contributed by atoms with van der Waals surface area (Å²) in [7, 11) is 0. The fourth-order valence-electron chi connectivity index (χ4n) is 2.21. The molecular weight excluding hydrogens is 265 g/mol. The van der Waals surface area contributed by atoms with Gasteiger partial charge in [-0.2, -0.15) is 0 Å². The first-order valence-corrected chi connectivity index (χ1v) is 7.24. The lowest BCUT2D eigenvalue weighted by molar-refractivity contribution is 0.309. The molecule has 1 unspecified atom stereocenters. The first kappa shape index (κ1) is 15.8. The average Bonchev–Trinajstić information content (AvgIpc) is 2.21. The Hall–Kier alpha value is -0.240. The van der Waals surface area contributed by atoms with Crippen LogP contribution in [0.5, 0.6) is 0 Å². The maximum Gasteiger partial charge on any atom is 0.0439 e. The third-order valence-electron chi connectivity index (χ3n) is 2.83. The van der Waals surface area contributed by atoms with Gasteiger partial charge in [0.05, 0.1) is 0 Å². The van der Waals surface area contributed by atoms with Crippen molar-refractivity contribution in [2.75, 3.05) is 6.54 Å². The highest BCUT2D eigenvalue weighted by molar-refractivity contribution is 6.33. The number of rotatable bonds is 5. The van der Waals surface area contributed by atoms with Gasteiger partial charge in [-0.25, -0.2) is 0 Å². The number of likely N-dealkylation sites (N-methyl/N-ethyl adjacent to an activating group) is 1. The molecule has 1 aromatic carbocycles. The highest BCUT2D eigenvalue weighted by Gasteiger charge is 2.19. The molecule has 0 aliphatic carbocycles. The standard InChI is InChI=1S/C15H23Cl2N/c1-5-18-13(10-15(2,3)4)9-11-8-12(16)6-7-14(11)17/h6-8,13,18H,5,9-10H2,1-4H3. The molecular formula is C15H23Cl2N. The third kappa shape index (κ3) is 5.60. The first-order chi connectivity index (χ1) is 8.31. The van der Waals surface area contributed by atoms with Crippen LogP contribution in [0.25, 0.3) is 0 Å². The zero-order chi connectivity index (χ0) is 13.8. The van der Waals surface area contributed by atoms with E-state index in [9.17, 15) is 0 Å². The van der Waals surface area contributed by atoms with E-state index in [1.165, 1.54) is 0 Å². The Morgan fingerprint density at radius 1 is 1.22 bits per heavy atom. The van der Waals surface area contributed by atoms with E-state index in [4.69, 9.17) is 23.2 Å². The molecule has 0 aliphatic rings. The molecule has 0 bridgehead atoms. The van der Waals surface area contributed by atoms with Gasteiger partial charge in [-0.1, -0.05) is 50.9 Å². The Morgan fingerprint density at radius 2 is 1.89 bits per heavy atom. The minimum Gasteiger partial charge on any atom is -0.314 e. The summed E-state index contributed by atoms with van der Waals surface area (Å²) < 4.78 is 0. The summed E-state index contributed by atoms with van der Waals surface area (Å²) in [5.74, 6) is 0. The van der Waals surface area contributed by atoms with E-state index in [0.29, 0.717) is 11.5 Å². The summed E-state index contributed by atoms with van der Waals surface area (Å²) in [4.78, 5) is 0. The van der Waals surface area contributed by atoms with E-state index >= 15 is 0 Å². The second kappa shape index (κ2) is 6.79. The maximum atomic E-state index is 6.23. The van der Waals surface area contributed by atoms with Crippen LogP contribution in [-0.2, 0) is 6.42 Å². The van der Waals surface area contributed by atoms with E-state index < -0.39 is 0 Å². The SMILES string of the molecule is CCNC(Cc1cc(Cl)ccc1Cl)CC(C)(C)C. The lowest BCUT2D eigenvalue weighted by Gasteiger charge is -2.27. The first-order valence-electron chi connectivity index (χ1n) is 6.49. The van der Waals surface area contributed by atoms with Gasteiger partial charge < -0.3 is 5.32 Å². The van der Waals surface area contributed by atoms with Crippen LogP contribution in [0.1, 0.15) is 39.7 Å². The van der Waals surface area contributed by atoms with E-state index in [-0.39, 0.29) is 0 Å². The quantitative estimate of drug-likeness (QED) is 0.808. The fourth-order valence-corrected chi connectivity index (χ4v) is 2.60. The summed E-state index contributed by atoms with van der Waals surface area (Å²) >= 11 is 12.3.